The number of nitrogens with one attached hydrogen (secondary N) is 1. The largest absolute Gasteiger partial charge is 0.497 e. The van der Waals surface area contributed by atoms with E-state index in [1.54, 1.807) is 13.3 Å². The number of ether oxygens (including phenoxy) is 1. The second kappa shape index (κ2) is 6.26. The van der Waals surface area contributed by atoms with Crippen molar-refractivity contribution in [2.75, 3.05) is 14.2 Å². The Morgan fingerprint density at radius 3 is 2.62 bits per heavy atom. The van der Waals surface area contributed by atoms with Gasteiger partial charge < -0.3 is 4.74 Å². The van der Waals surface area contributed by atoms with Crippen molar-refractivity contribution in [3.8, 4) is 5.75 Å². The van der Waals surface area contributed by atoms with Crippen molar-refractivity contribution in [2.45, 2.75) is 39.3 Å². The van der Waals surface area contributed by atoms with Crippen LogP contribution in [0.5, 0.6) is 5.75 Å². The molecule has 5 nitrogen and oxygen atoms in total. The number of rotatable bonds is 5. The third-order valence-electron chi connectivity index (χ3n) is 3.30. The lowest BCUT2D eigenvalue weighted by atomic mass is 9.92. The molecule has 21 heavy (non-hydrogen) atoms. The van der Waals surface area contributed by atoms with Crippen molar-refractivity contribution >= 4 is 0 Å². The smallest absolute Gasteiger partial charge is 0.122 e. The van der Waals surface area contributed by atoms with E-state index in [2.05, 4.69) is 54.0 Å². The van der Waals surface area contributed by atoms with Crippen molar-refractivity contribution in [3.05, 3.63) is 41.5 Å². The highest BCUT2D eigenvalue weighted by Gasteiger charge is 2.17. The summed E-state index contributed by atoms with van der Waals surface area (Å²) in [5, 5.41) is 7.50. The van der Waals surface area contributed by atoms with Gasteiger partial charge in [0.05, 0.1) is 18.5 Å². The Morgan fingerprint density at radius 2 is 2.00 bits per heavy atom. The maximum absolute atomic E-state index is 5.22. The highest BCUT2D eigenvalue weighted by Crippen LogP contribution is 2.21. The lowest BCUT2D eigenvalue weighted by Gasteiger charge is -2.16. The van der Waals surface area contributed by atoms with Crippen LogP contribution in [0, 0.1) is 0 Å². The van der Waals surface area contributed by atoms with Gasteiger partial charge in [0, 0.05) is 36.5 Å². The molecule has 2 heterocycles. The molecule has 0 aliphatic heterocycles. The molecular weight excluding hydrogens is 264 g/mol. The summed E-state index contributed by atoms with van der Waals surface area (Å²) in [5.74, 6) is 0.838. The minimum absolute atomic E-state index is 0.0711. The number of H-pyrrole nitrogens is 1. The average molecular weight is 288 g/mol. The molecule has 114 valence electrons. The molecule has 0 aliphatic rings. The first-order valence-electron chi connectivity index (χ1n) is 7.10. The molecule has 0 bridgehead atoms. The van der Waals surface area contributed by atoms with Gasteiger partial charge in [-0.3, -0.25) is 15.0 Å². The van der Waals surface area contributed by atoms with Gasteiger partial charge >= 0.3 is 0 Å². The van der Waals surface area contributed by atoms with Gasteiger partial charge in [-0.2, -0.15) is 5.10 Å². The summed E-state index contributed by atoms with van der Waals surface area (Å²) in [6.07, 6.45) is 1.77. The van der Waals surface area contributed by atoms with E-state index >= 15 is 0 Å². The van der Waals surface area contributed by atoms with E-state index < -0.39 is 0 Å². The van der Waals surface area contributed by atoms with Crippen LogP contribution in [0.3, 0.4) is 0 Å². The Hall–Kier alpha value is -1.88. The Labute approximate surface area is 126 Å². The number of nitrogens with zero attached hydrogens (tertiary/aromatic N) is 3. The Balaban J connectivity index is 1.98. The first kappa shape index (κ1) is 15.5. The van der Waals surface area contributed by atoms with Crippen LogP contribution in [0.25, 0.3) is 0 Å². The maximum Gasteiger partial charge on any atom is 0.122 e. The second-order valence-corrected chi connectivity index (χ2v) is 6.39. The van der Waals surface area contributed by atoms with Gasteiger partial charge in [0.25, 0.3) is 0 Å². The number of hydrogen-bond acceptors (Lipinski definition) is 4. The molecule has 0 unspecified atom stereocenters. The number of pyridine rings is 1. The summed E-state index contributed by atoms with van der Waals surface area (Å²) in [6.45, 7) is 8.06. The van der Waals surface area contributed by atoms with E-state index in [1.165, 1.54) is 0 Å². The van der Waals surface area contributed by atoms with Gasteiger partial charge in [-0.05, 0) is 19.2 Å². The van der Waals surface area contributed by atoms with Crippen LogP contribution >= 0.6 is 0 Å². The van der Waals surface area contributed by atoms with Crippen LogP contribution in [-0.4, -0.2) is 34.2 Å². The van der Waals surface area contributed by atoms with E-state index in [1.807, 2.05) is 12.1 Å². The molecule has 0 aliphatic carbocycles. The molecule has 5 heteroatoms. The van der Waals surface area contributed by atoms with Crippen molar-refractivity contribution in [1.82, 2.24) is 20.1 Å². The van der Waals surface area contributed by atoms with Crippen LogP contribution in [-0.2, 0) is 18.5 Å². The number of hydrogen-bond donors (Lipinski definition) is 1. The van der Waals surface area contributed by atoms with E-state index in [0.29, 0.717) is 0 Å². The van der Waals surface area contributed by atoms with Gasteiger partial charge in [-0.15, -0.1) is 0 Å². The molecule has 0 atom stereocenters. The predicted molar refractivity (Wildman–Crippen MR) is 83.2 cm³/mol. The molecule has 0 spiro atoms. The zero-order valence-electron chi connectivity index (χ0n) is 13.5. The molecule has 0 radical (unpaired) electrons. The monoisotopic (exact) mass is 288 g/mol. The molecular formula is C16H24N4O. The second-order valence-electron chi connectivity index (χ2n) is 6.39. The van der Waals surface area contributed by atoms with Crippen molar-refractivity contribution in [3.63, 3.8) is 0 Å². The van der Waals surface area contributed by atoms with E-state index in [4.69, 9.17) is 4.74 Å². The fourth-order valence-corrected chi connectivity index (χ4v) is 2.12. The minimum atomic E-state index is 0.0711. The van der Waals surface area contributed by atoms with Crippen molar-refractivity contribution in [1.29, 1.82) is 0 Å². The topological polar surface area (TPSA) is 54.0 Å². The molecule has 1 N–H and O–H groups in total. The predicted octanol–water partition coefficient (Wildman–Crippen LogP) is 2.74. The summed E-state index contributed by atoms with van der Waals surface area (Å²) < 4.78 is 5.22. The van der Waals surface area contributed by atoms with Gasteiger partial charge in [0.1, 0.15) is 5.75 Å². The van der Waals surface area contributed by atoms with Crippen LogP contribution in [0.15, 0.2) is 24.4 Å². The minimum Gasteiger partial charge on any atom is -0.497 e. The van der Waals surface area contributed by atoms with Gasteiger partial charge in [-0.1, -0.05) is 20.8 Å². The first-order chi connectivity index (χ1) is 9.88. The Kier molecular flexibility index (Phi) is 4.63. The molecule has 0 saturated carbocycles. The highest BCUT2D eigenvalue weighted by atomic mass is 16.5. The van der Waals surface area contributed by atoms with Crippen molar-refractivity contribution < 1.29 is 4.74 Å². The molecule has 2 rings (SSSR count). The Morgan fingerprint density at radius 1 is 1.24 bits per heavy atom. The van der Waals surface area contributed by atoms with Crippen LogP contribution in [0.4, 0.5) is 0 Å². The van der Waals surface area contributed by atoms with Crippen molar-refractivity contribution in [2.24, 2.45) is 0 Å². The SMILES string of the molecule is COc1ccnc(CN(C)Cc2cc(C(C)(C)C)n[nH]2)c1. The molecule has 2 aromatic heterocycles. The zero-order valence-corrected chi connectivity index (χ0v) is 13.5. The third-order valence-corrected chi connectivity index (χ3v) is 3.30. The lowest BCUT2D eigenvalue weighted by Crippen LogP contribution is -2.18. The van der Waals surface area contributed by atoms with E-state index in [0.717, 1.165) is 35.9 Å². The average Bonchev–Trinajstić information content (AvgIpc) is 2.87. The number of aromatic nitrogens is 3. The van der Waals surface area contributed by atoms with Gasteiger partial charge in [-0.25, -0.2) is 0 Å². The molecule has 0 aromatic carbocycles. The summed E-state index contributed by atoms with van der Waals surface area (Å²) in [4.78, 5) is 6.56. The van der Waals surface area contributed by atoms with E-state index in [9.17, 15) is 0 Å². The molecule has 0 saturated heterocycles. The summed E-state index contributed by atoms with van der Waals surface area (Å²) in [6, 6.07) is 5.95. The Bertz CT molecular complexity index is 586. The van der Waals surface area contributed by atoms with Crippen LogP contribution in [0.1, 0.15) is 37.9 Å². The summed E-state index contributed by atoms with van der Waals surface area (Å²) in [7, 11) is 3.74. The normalized spacial score (nSPS) is 11.9. The standard InChI is InChI=1S/C16H24N4O/c1-16(2,3)15-9-13(18-19-15)11-20(4)10-12-8-14(21-5)6-7-17-12/h6-9H,10-11H2,1-5H3,(H,18,19). The molecule has 2 aromatic rings. The van der Waals surface area contributed by atoms with Crippen LogP contribution < -0.4 is 4.74 Å². The van der Waals surface area contributed by atoms with E-state index in [-0.39, 0.29) is 5.41 Å². The molecule has 0 fully saturated rings. The van der Waals surface area contributed by atoms with Crippen LogP contribution in [0.2, 0.25) is 0 Å². The summed E-state index contributed by atoms with van der Waals surface area (Å²) >= 11 is 0. The third kappa shape index (κ3) is 4.29. The fraction of sp³-hybridized carbons (Fsp3) is 0.500. The highest BCUT2D eigenvalue weighted by molar-refractivity contribution is 5.22. The lowest BCUT2D eigenvalue weighted by molar-refractivity contribution is 0.310. The summed E-state index contributed by atoms with van der Waals surface area (Å²) in [5.41, 5.74) is 3.27. The zero-order chi connectivity index (χ0) is 15.5. The fourth-order valence-electron chi connectivity index (χ4n) is 2.12. The maximum atomic E-state index is 5.22. The number of methoxy groups -OCH3 is 1. The molecule has 0 amide bonds. The van der Waals surface area contributed by atoms with Gasteiger partial charge in [0.2, 0.25) is 0 Å². The first-order valence-corrected chi connectivity index (χ1v) is 7.10. The quantitative estimate of drug-likeness (QED) is 0.919. The van der Waals surface area contributed by atoms with Gasteiger partial charge in [0.15, 0.2) is 0 Å². The number of aromatic amines is 1.